The molecule has 0 unspecified atom stereocenters. The number of furan rings is 2. The molecule has 0 N–H and O–H groups in total. The minimum atomic E-state index is 0.707. The van der Waals surface area contributed by atoms with E-state index in [1.54, 1.807) is 19.6 Å². The van der Waals surface area contributed by atoms with Crippen LogP contribution >= 0.6 is 0 Å². The van der Waals surface area contributed by atoms with Crippen LogP contribution in [0.25, 0.3) is 22.8 Å². The van der Waals surface area contributed by atoms with Crippen LogP contribution < -0.4 is 4.90 Å². The highest BCUT2D eigenvalue weighted by atomic mass is 16.5. The highest BCUT2D eigenvalue weighted by Gasteiger charge is 2.22. The lowest BCUT2D eigenvalue weighted by molar-refractivity contribution is 0.143. The molecule has 4 rings (SSSR count). The van der Waals surface area contributed by atoms with Gasteiger partial charge in [0.05, 0.1) is 24.7 Å². The van der Waals surface area contributed by atoms with Gasteiger partial charge in [-0.3, -0.25) is 4.90 Å². The van der Waals surface area contributed by atoms with Gasteiger partial charge in [-0.25, -0.2) is 9.97 Å². The van der Waals surface area contributed by atoms with Crippen molar-refractivity contribution in [2.75, 3.05) is 51.3 Å². The summed E-state index contributed by atoms with van der Waals surface area (Å²) in [7, 11) is 1.74. The van der Waals surface area contributed by atoms with E-state index in [0.29, 0.717) is 5.76 Å². The quantitative estimate of drug-likeness (QED) is 0.674. The Morgan fingerprint density at radius 3 is 2.42 bits per heavy atom. The molecule has 0 amide bonds. The molecule has 0 spiro atoms. The van der Waals surface area contributed by atoms with Crippen LogP contribution in [0.2, 0.25) is 0 Å². The van der Waals surface area contributed by atoms with Gasteiger partial charge in [-0.1, -0.05) is 0 Å². The van der Waals surface area contributed by atoms with E-state index in [1.165, 1.54) is 0 Å². The van der Waals surface area contributed by atoms with Crippen molar-refractivity contribution < 1.29 is 13.6 Å². The Bertz CT molecular complexity index is 809. The van der Waals surface area contributed by atoms with Crippen LogP contribution in [0, 0.1) is 0 Å². The topological polar surface area (TPSA) is 67.8 Å². The smallest absolute Gasteiger partial charge is 0.226 e. The maximum Gasteiger partial charge on any atom is 0.226 e. The van der Waals surface area contributed by atoms with Crippen LogP contribution in [0.5, 0.6) is 0 Å². The molecule has 1 fully saturated rings. The number of ether oxygens (including phenoxy) is 1. The van der Waals surface area contributed by atoms with Gasteiger partial charge < -0.3 is 18.5 Å². The molecule has 0 radical (unpaired) electrons. The van der Waals surface area contributed by atoms with Crippen molar-refractivity contribution in [2.45, 2.75) is 0 Å². The highest BCUT2D eigenvalue weighted by Crippen LogP contribution is 2.32. The minimum absolute atomic E-state index is 0.707. The van der Waals surface area contributed by atoms with Crippen LogP contribution in [0.4, 0.5) is 5.95 Å². The zero-order chi connectivity index (χ0) is 17.8. The van der Waals surface area contributed by atoms with Crippen molar-refractivity contribution in [2.24, 2.45) is 0 Å². The second-order valence-corrected chi connectivity index (χ2v) is 6.21. The second kappa shape index (κ2) is 7.72. The van der Waals surface area contributed by atoms with Crippen molar-refractivity contribution in [3.05, 3.63) is 43.0 Å². The Balaban J connectivity index is 1.58. The number of piperazine rings is 1. The predicted molar refractivity (Wildman–Crippen MR) is 98.0 cm³/mol. The molecule has 3 aromatic rings. The van der Waals surface area contributed by atoms with Crippen LogP contribution in [0.15, 0.2) is 51.8 Å². The van der Waals surface area contributed by atoms with Gasteiger partial charge in [-0.05, 0) is 24.3 Å². The first-order valence-electron chi connectivity index (χ1n) is 8.76. The monoisotopic (exact) mass is 354 g/mol. The maximum absolute atomic E-state index is 5.59. The molecule has 7 nitrogen and oxygen atoms in total. The fourth-order valence-electron chi connectivity index (χ4n) is 3.13. The molecule has 3 aromatic heterocycles. The average Bonchev–Trinajstić information content (AvgIpc) is 3.40. The minimum Gasteiger partial charge on any atom is -0.464 e. The fourth-order valence-corrected chi connectivity index (χ4v) is 3.13. The van der Waals surface area contributed by atoms with E-state index < -0.39 is 0 Å². The van der Waals surface area contributed by atoms with Gasteiger partial charge >= 0.3 is 0 Å². The largest absolute Gasteiger partial charge is 0.464 e. The van der Waals surface area contributed by atoms with Gasteiger partial charge in [0.15, 0.2) is 5.76 Å². The number of nitrogens with zero attached hydrogens (tertiary/aromatic N) is 4. The summed E-state index contributed by atoms with van der Waals surface area (Å²) in [5.74, 6) is 2.16. The molecule has 0 bridgehead atoms. The van der Waals surface area contributed by atoms with Gasteiger partial charge in [0.1, 0.15) is 11.5 Å². The summed E-state index contributed by atoms with van der Waals surface area (Å²) in [4.78, 5) is 14.0. The van der Waals surface area contributed by atoms with E-state index >= 15 is 0 Å². The number of aromatic nitrogens is 2. The molecule has 136 valence electrons. The summed E-state index contributed by atoms with van der Waals surface area (Å²) >= 11 is 0. The van der Waals surface area contributed by atoms with Crippen molar-refractivity contribution >= 4 is 5.95 Å². The number of hydrogen-bond donors (Lipinski definition) is 0. The van der Waals surface area contributed by atoms with Crippen molar-refractivity contribution in [1.29, 1.82) is 0 Å². The van der Waals surface area contributed by atoms with Crippen molar-refractivity contribution in [3.63, 3.8) is 0 Å². The Morgan fingerprint density at radius 1 is 1.04 bits per heavy atom. The molecule has 4 heterocycles. The molecule has 1 aliphatic heterocycles. The fraction of sp³-hybridized carbons (Fsp3) is 0.368. The predicted octanol–water partition coefficient (Wildman–Crippen LogP) is 2.77. The molecule has 1 saturated heterocycles. The van der Waals surface area contributed by atoms with E-state index in [4.69, 9.17) is 18.6 Å². The summed E-state index contributed by atoms with van der Waals surface area (Å²) in [6.07, 6.45) is 5.11. The van der Waals surface area contributed by atoms with Gasteiger partial charge in [0, 0.05) is 46.0 Å². The number of anilines is 1. The van der Waals surface area contributed by atoms with E-state index in [-0.39, 0.29) is 0 Å². The zero-order valence-electron chi connectivity index (χ0n) is 14.8. The third-order valence-electron chi connectivity index (χ3n) is 4.58. The first-order valence-corrected chi connectivity index (χ1v) is 8.76. The summed E-state index contributed by atoms with van der Waals surface area (Å²) < 4.78 is 16.3. The number of hydrogen-bond acceptors (Lipinski definition) is 7. The highest BCUT2D eigenvalue weighted by molar-refractivity contribution is 5.75. The lowest BCUT2D eigenvalue weighted by Crippen LogP contribution is -2.47. The van der Waals surface area contributed by atoms with E-state index in [2.05, 4.69) is 14.8 Å². The van der Waals surface area contributed by atoms with Gasteiger partial charge in [-0.15, -0.1) is 0 Å². The molecular weight excluding hydrogens is 332 g/mol. The molecule has 0 atom stereocenters. The second-order valence-electron chi connectivity index (χ2n) is 6.21. The van der Waals surface area contributed by atoms with E-state index in [9.17, 15) is 0 Å². The van der Waals surface area contributed by atoms with Crippen molar-refractivity contribution in [3.8, 4) is 22.8 Å². The Hall–Kier alpha value is -2.64. The first kappa shape index (κ1) is 16.8. The van der Waals surface area contributed by atoms with Gasteiger partial charge in [-0.2, -0.15) is 0 Å². The molecule has 1 aliphatic rings. The third-order valence-corrected chi connectivity index (χ3v) is 4.58. The number of rotatable bonds is 6. The number of methoxy groups -OCH3 is 1. The average molecular weight is 354 g/mol. The summed E-state index contributed by atoms with van der Waals surface area (Å²) in [6, 6.07) is 7.52. The summed E-state index contributed by atoms with van der Waals surface area (Å²) in [6.45, 7) is 5.45. The zero-order valence-corrected chi connectivity index (χ0v) is 14.8. The molecule has 26 heavy (non-hydrogen) atoms. The molecular formula is C19H22N4O3. The van der Waals surface area contributed by atoms with E-state index in [1.807, 2.05) is 30.5 Å². The van der Waals surface area contributed by atoms with Crippen LogP contribution in [-0.4, -0.2) is 61.3 Å². The Morgan fingerprint density at radius 2 is 1.77 bits per heavy atom. The normalized spacial score (nSPS) is 15.5. The van der Waals surface area contributed by atoms with Crippen molar-refractivity contribution in [1.82, 2.24) is 14.9 Å². The first-order chi connectivity index (χ1) is 12.8. The molecule has 0 aromatic carbocycles. The maximum atomic E-state index is 5.59. The van der Waals surface area contributed by atoms with Gasteiger partial charge in [0.25, 0.3) is 0 Å². The standard InChI is InChI=1S/C19H22N4O3/c1-24-13-10-22-6-8-23(9-7-22)19-20-14-15(16-4-2-11-25-16)18(21-19)17-5-3-12-26-17/h2-5,11-12,14H,6-10,13H2,1H3. The lowest BCUT2D eigenvalue weighted by atomic mass is 10.1. The lowest BCUT2D eigenvalue weighted by Gasteiger charge is -2.34. The van der Waals surface area contributed by atoms with E-state index in [0.717, 1.165) is 62.3 Å². The van der Waals surface area contributed by atoms with Crippen LogP contribution in [-0.2, 0) is 4.74 Å². The molecule has 0 saturated carbocycles. The van der Waals surface area contributed by atoms with Gasteiger partial charge in [0.2, 0.25) is 5.95 Å². The summed E-state index contributed by atoms with van der Waals surface area (Å²) in [5, 5.41) is 0. The van der Waals surface area contributed by atoms with Crippen LogP contribution in [0.1, 0.15) is 0 Å². The Labute approximate surface area is 152 Å². The molecule has 7 heteroatoms. The third kappa shape index (κ3) is 3.49. The summed E-state index contributed by atoms with van der Waals surface area (Å²) in [5.41, 5.74) is 1.57. The molecule has 0 aliphatic carbocycles. The SMILES string of the molecule is COCCN1CCN(c2ncc(-c3ccco3)c(-c3ccco3)n2)CC1. The van der Waals surface area contributed by atoms with Crippen LogP contribution in [0.3, 0.4) is 0 Å². The Kier molecular flexibility index (Phi) is 4.99.